The molecule has 0 unspecified atom stereocenters. The van der Waals surface area contributed by atoms with E-state index in [-0.39, 0.29) is 28.5 Å². The van der Waals surface area contributed by atoms with Gasteiger partial charge in [0, 0.05) is 49.6 Å². The molecule has 0 saturated heterocycles. The Morgan fingerprint density at radius 2 is 1.56 bits per heavy atom. The fourth-order valence-corrected chi connectivity index (χ4v) is 3.54. The molecular formula is C28H28F2N6O3. The van der Waals surface area contributed by atoms with Crippen molar-refractivity contribution in [2.24, 2.45) is 0 Å². The Morgan fingerprint density at radius 1 is 0.897 bits per heavy atom. The zero-order valence-electron chi connectivity index (χ0n) is 22.1. The molecule has 2 aromatic carbocycles. The number of aromatic nitrogens is 3. The van der Waals surface area contributed by atoms with E-state index in [1.54, 1.807) is 56.6 Å². The summed E-state index contributed by atoms with van der Waals surface area (Å²) in [4.78, 5) is 30.4. The number of carbonyl (C=O) groups excluding carboxylic acids is 2. The van der Waals surface area contributed by atoms with E-state index in [2.05, 4.69) is 20.7 Å². The molecule has 0 aliphatic heterocycles. The highest BCUT2D eigenvalue weighted by Crippen LogP contribution is 2.28. The maximum atomic E-state index is 13.9. The zero-order valence-corrected chi connectivity index (χ0v) is 22.1. The van der Waals surface area contributed by atoms with Crippen molar-refractivity contribution in [3.63, 3.8) is 0 Å². The van der Waals surface area contributed by atoms with Gasteiger partial charge in [-0.1, -0.05) is 20.8 Å². The minimum atomic E-state index is -0.761. The van der Waals surface area contributed by atoms with Crippen LogP contribution in [-0.4, -0.2) is 45.7 Å². The molecule has 3 amide bonds. The van der Waals surface area contributed by atoms with Gasteiger partial charge in [-0.2, -0.15) is 5.10 Å². The smallest absolute Gasteiger partial charge is 0.324 e. The molecule has 0 radical (unpaired) electrons. The van der Waals surface area contributed by atoms with Crippen LogP contribution in [0, 0.1) is 11.6 Å². The fraction of sp³-hybridized carbons (Fsp3) is 0.214. The van der Waals surface area contributed by atoms with Gasteiger partial charge in [0.15, 0.2) is 0 Å². The molecular weight excluding hydrogens is 506 g/mol. The van der Waals surface area contributed by atoms with Crippen molar-refractivity contribution in [2.45, 2.75) is 26.2 Å². The van der Waals surface area contributed by atoms with Crippen LogP contribution in [0.3, 0.4) is 0 Å². The molecule has 0 spiro atoms. The van der Waals surface area contributed by atoms with Crippen molar-refractivity contribution in [2.75, 3.05) is 24.7 Å². The van der Waals surface area contributed by atoms with Gasteiger partial charge in [-0.3, -0.25) is 15.1 Å². The maximum Gasteiger partial charge on any atom is 0.324 e. The lowest BCUT2D eigenvalue weighted by molar-refractivity contribution is 0.0821. The van der Waals surface area contributed by atoms with E-state index >= 15 is 0 Å². The first-order valence-electron chi connectivity index (χ1n) is 12.0. The number of halogens is 2. The molecule has 0 bridgehead atoms. The third-order valence-electron chi connectivity index (χ3n) is 5.52. The fourth-order valence-electron chi connectivity index (χ4n) is 3.54. The highest BCUT2D eigenvalue weighted by molar-refractivity contribution is 5.99. The summed E-state index contributed by atoms with van der Waals surface area (Å²) >= 11 is 0. The second kappa shape index (κ2) is 10.9. The highest BCUT2D eigenvalue weighted by atomic mass is 19.1. The van der Waals surface area contributed by atoms with Crippen LogP contribution >= 0.6 is 0 Å². The van der Waals surface area contributed by atoms with Gasteiger partial charge >= 0.3 is 6.03 Å². The third kappa shape index (κ3) is 6.75. The van der Waals surface area contributed by atoms with Gasteiger partial charge in [-0.05, 0) is 42.5 Å². The molecule has 0 saturated carbocycles. The molecule has 11 heteroatoms. The van der Waals surface area contributed by atoms with Gasteiger partial charge in [0.2, 0.25) is 0 Å². The number of pyridine rings is 1. The third-order valence-corrected chi connectivity index (χ3v) is 5.52. The second-order valence-corrected chi connectivity index (χ2v) is 9.99. The van der Waals surface area contributed by atoms with Gasteiger partial charge in [-0.25, -0.2) is 18.3 Å². The molecule has 4 aromatic rings. The van der Waals surface area contributed by atoms with E-state index in [4.69, 9.17) is 4.74 Å². The molecule has 0 atom stereocenters. The molecule has 2 N–H and O–H groups in total. The van der Waals surface area contributed by atoms with Gasteiger partial charge < -0.3 is 15.0 Å². The number of anilines is 2. The Labute approximate surface area is 224 Å². The van der Waals surface area contributed by atoms with Crippen molar-refractivity contribution in [3.05, 3.63) is 89.9 Å². The van der Waals surface area contributed by atoms with Crippen molar-refractivity contribution >= 4 is 23.4 Å². The molecule has 2 heterocycles. The normalized spacial score (nSPS) is 11.2. The Morgan fingerprint density at radius 3 is 2.18 bits per heavy atom. The maximum absolute atomic E-state index is 13.9. The van der Waals surface area contributed by atoms with Crippen molar-refractivity contribution < 1.29 is 23.1 Å². The number of amides is 3. The van der Waals surface area contributed by atoms with Crippen LogP contribution in [0.4, 0.5) is 25.1 Å². The number of urea groups is 1. The van der Waals surface area contributed by atoms with Crippen LogP contribution in [0.5, 0.6) is 11.5 Å². The van der Waals surface area contributed by atoms with Crippen molar-refractivity contribution in [1.29, 1.82) is 0 Å². The molecule has 202 valence electrons. The number of carbonyl (C=O) groups is 2. The van der Waals surface area contributed by atoms with Crippen LogP contribution in [-0.2, 0) is 5.41 Å². The molecule has 9 nitrogen and oxygen atoms in total. The zero-order chi connectivity index (χ0) is 28.3. The molecule has 0 fully saturated rings. The van der Waals surface area contributed by atoms with E-state index in [9.17, 15) is 18.4 Å². The summed E-state index contributed by atoms with van der Waals surface area (Å²) in [5.41, 5.74) is 1.09. The van der Waals surface area contributed by atoms with E-state index in [0.29, 0.717) is 22.9 Å². The Hall–Kier alpha value is -4.80. The first-order chi connectivity index (χ1) is 18.4. The number of ether oxygens (including phenoxy) is 1. The van der Waals surface area contributed by atoms with E-state index in [1.165, 1.54) is 15.8 Å². The molecule has 0 aliphatic rings. The van der Waals surface area contributed by atoms with E-state index < -0.39 is 17.7 Å². The summed E-state index contributed by atoms with van der Waals surface area (Å²) in [7, 11) is 3.27. The molecule has 4 rings (SSSR count). The Kier molecular flexibility index (Phi) is 7.61. The van der Waals surface area contributed by atoms with Gasteiger partial charge in [-0.15, -0.1) is 0 Å². The van der Waals surface area contributed by atoms with Crippen LogP contribution in [0.1, 0.15) is 37.0 Å². The summed E-state index contributed by atoms with van der Waals surface area (Å²) in [5, 5.41) is 9.88. The largest absolute Gasteiger partial charge is 0.457 e. The Balaban J connectivity index is 1.48. The monoisotopic (exact) mass is 534 g/mol. The average molecular weight is 535 g/mol. The lowest BCUT2D eigenvalue weighted by atomic mass is 9.92. The first-order valence-corrected chi connectivity index (χ1v) is 12.0. The molecule has 0 aliphatic carbocycles. The number of nitrogens with zero attached hydrogens (tertiary/aromatic N) is 4. The van der Waals surface area contributed by atoms with E-state index in [1.807, 2.05) is 20.8 Å². The SMILES string of the molecule is CN(C)C(=O)c1cc(Oc2ccc(NC(=O)Nc3cc(C(C)(C)C)nn3-c3cc(F)cc(F)c3)cc2)ccn1. The standard InChI is InChI=1S/C28H28F2N6O3/c1-28(2,3)24-16-25(36(34-24)20-13-17(29)12-18(30)14-20)33-27(38)32-19-6-8-21(9-7-19)39-22-10-11-31-23(15-22)26(37)35(4)5/h6-16H,1-5H3,(H2,32,33,38). The lowest BCUT2D eigenvalue weighted by Crippen LogP contribution is -2.22. The number of benzene rings is 2. The van der Waals surface area contributed by atoms with Gasteiger partial charge in [0.25, 0.3) is 5.91 Å². The summed E-state index contributed by atoms with van der Waals surface area (Å²) in [6, 6.07) is 13.9. The van der Waals surface area contributed by atoms with Crippen LogP contribution < -0.4 is 15.4 Å². The number of rotatable bonds is 6. The van der Waals surface area contributed by atoms with Crippen LogP contribution in [0.25, 0.3) is 5.69 Å². The second-order valence-electron chi connectivity index (χ2n) is 9.99. The predicted molar refractivity (Wildman–Crippen MR) is 144 cm³/mol. The number of nitrogens with one attached hydrogen (secondary N) is 2. The van der Waals surface area contributed by atoms with Crippen molar-refractivity contribution in [3.8, 4) is 17.2 Å². The van der Waals surface area contributed by atoms with Gasteiger partial charge in [0.1, 0.15) is 34.6 Å². The predicted octanol–water partition coefficient (Wildman–Crippen LogP) is 5.98. The van der Waals surface area contributed by atoms with Crippen LogP contribution in [0.15, 0.2) is 66.9 Å². The summed E-state index contributed by atoms with van der Waals surface area (Å²) in [6.45, 7) is 5.81. The minimum Gasteiger partial charge on any atom is -0.457 e. The van der Waals surface area contributed by atoms with Crippen molar-refractivity contribution in [1.82, 2.24) is 19.7 Å². The van der Waals surface area contributed by atoms with E-state index in [0.717, 1.165) is 18.2 Å². The highest BCUT2D eigenvalue weighted by Gasteiger charge is 2.22. The quantitative estimate of drug-likeness (QED) is 0.317. The first kappa shape index (κ1) is 27.2. The van der Waals surface area contributed by atoms with Crippen LogP contribution in [0.2, 0.25) is 0 Å². The summed E-state index contributed by atoms with van der Waals surface area (Å²) in [6.07, 6.45) is 1.49. The molecule has 2 aromatic heterocycles. The molecule has 39 heavy (non-hydrogen) atoms. The average Bonchev–Trinajstić information content (AvgIpc) is 3.28. The summed E-state index contributed by atoms with van der Waals surface area (Å²) < 4.78 is 34.9. The Bertz CT molecular complexity index is 1490. The number of hydrogen-bond donors (Lipinski definition) is 2. The lowest BCUT2D eigenvalue weighted by Gasteiger charge is -2.14. The number of hydrogen-bond acceptors (Lipinski definition) is 5. The minimum absolute atomic E-state index is 0.131. The topological polar surface area (TPSA) is 101 Å². The summed E-state index contributed by atoms with van der Waals surface area (Å²) in [5.74, 6) is -0.611. The van der Waals surface area contributed by atoms with Gasteiger partial charge in [0.05, 0.1) is 11.4 Å².